The van der Waals surface area contributed by atoms with E-state index in [4.69, 9.17) is 9.78 Å². The van der Waals surface area contributed by atoms with Gasteiger partial charge >= 0.3 is 0 Å². The van der Waals surface area contributed by atoms with E-state index in [2.05, 4.69) is 20.1 Å². The zero-order chi connectivity index (χ0) is 13.1. The Morgan fingerprint density at radius 2 is 2.05 bits per heavy atom. The van der Waals surface area contributed by atoms with Gasteiger partial charge in [-0.3, -0.25) is 4.98 Å². The van der Waals surface area contributed by atoms with Crippen LogP contribution in [0.25, 0.3) is 23.0 Å². The minimum absolute atomic E-state index is 0.274. The second kappa shape index (κ2) is 4.66. The highest BCUT2D eigenvalue weighted by Gasteiger charge is 2.11. The quantitative estimate of drug-likeness (QED) is 0.690. The van der Waals surface area contributed by atoms with Gasteiger partial charge in [-0.1, -0.05) is 11.2 Å². The summed E-state index contributed by atoms with van der Waals surface area (Å²) in [6.45, 7) is 0. The molecule has 0 bridgehead atoms. The average molecular weight is 249 g/mol. The maximum Gasteiger partial charge on any atom is 0.276 e. The number of aromatic nitrogens is 4. The zero-order valence-electron chi connectivity index (χ0n) is 9.69. The summed E-state index contributed by atoms with van der Waals surface area (Å²) in [5, 5.41) is 12.7. The normalized spacial score (nSPS) is 10.1. The van der Waals surface area contributed by atoms with Crippen LogP contribution in [0.4, 0.5) is 0 Å². The van der Waals surface area contributed by atoms with Crippen molar-refractivity contribution < 1.29 is 4.52 Å². The molecule has 0 aliphatic heterocycles. The lowest BCUT2D eigenvalue weighted by atomic mass is 10.3. The third kappa shape index (κ3) is 2.17. The predicted octanol–water partition coefficient (Wildman–Crippen LogP) is 2.07. The van der Waals surface area contributed by atoms with Crippen LogP contribution in [0.1, 0.15) is 5.69 Å². The molecule has 0 N–H and O–H groups in total. The topological polar surface area (TPSA) is 88.5 Å². The van der Waals surface area contributed by atoms with E-state index in [1.807, 2.05) is 12.1 Å². The smallest absolute Gasteiger partial charge is 0.276 e. The second-order valence-corrected chi connectivity index (χ2v) is 3.68. The molecule has 0 saturated carbocycles. The Hall–Kier alpha value is -3.07. The van der Waals surface area contributed by atoms with Crippen LogP contribution < -0.4 is 0 Å². The Bertz CT molecular complexity index is 745. The second-order valence-electron chi connectivity index (χ2n) is 3.68. The molecule has 19 heavy (non-hydrogen) atoms. The van der Waals surface area contributed by atoms with E-state index in [0.717, 1.165) is 5.56 Å². The van der Waals surface area contributed by atoms with Crippen LogP contribution in [0.5, 0.6) is 0 Å². The molecule has 0 saturated heterocycles. The number of rotatable bonds is 2. The maximum absolute atomic E-state index is 8.80. The first-order chi connectivity index (χ1) is 9.36. The number of hydrogen-bond acceptors (Lipinski definition) is 6. The highest BCUT2D eigenvalue weighted by molar-refractivity contribution is 5.56. The van der Waals surface area contributed by atoms with Crippen LogP contribution in [0.3, 0.4) is 0 Å². The van der Waals surface area contributed by atoms with Gasteiger partial charge in [0, 0.05) is 18.0 Å². The van der Waals surface area contributed by atoms with Gasteiger partial charge in [0.25, 0.3) is 5.89 Å². The third-order valence-electron chi connectivity index (χ3n) is 2.43. The lowest BCUT2D eigenvalue weighted by molar-refractivity contribution is 0.431. The maximum atomic E-state index is 8.80. The van der Waals surface area contributed by atoms with E-state index in [0.29, 0.717) is 17.2 Å². The van der Waals surface area contributed by atoms with Crippen LogP contribution in [0, 0.1) is 11.3 Å². The first kappa shape index (κ1) is 11.0. The summed E-state index contributed by atoms with van der Waals surface area (Å²) in [5.41, 5.74) is 1.54. The molecule has 90 valence electrons. The first-order valence-corrected chi connectivity index (χ1v) is 5.48. The molecule has 3 rings (SSSR count). The van der Waals surface area contributed by atoms with Gasteiger partial charge in [0.2, 0.25) is 5.82 Å². The van der Waals surface area contributed by atoms with Crippen molar-refractivity contribution in [2.24, 2.45) is 0 Å². The summed E-state index contributed by atoms with van der Waals surface area (Å²) in [7, 11) is 0. The van der Waals surface area contributed by atoms with Crippen LogP contribution in [-0.2, 0) is 0 Å². The molecule has 0 spiro atoms. The van der Waals surface area contributed by atoms with Crippen molar-refractivity contribution in [2.45, 2.75) is 0 Å². The third-order valence-corrected chi connectivity index (χ3v) is 2.43. The van der Waals surface area contributed by atoms with Gasteiger partial charge in [-0.2, -0.15) is 10.2 Å². The van der Waals surface area contributed by atoms with Crippen molar-refractivity contribution >= 4 is 0 Å². The molecule has 0 aliphatic carbocycles. The Labute approximate surface area is 108 Å². The van der Waals surface area contributed by atoms with Gasteiger partial charge in [-0.15, -0.1) is 0 Å². The highest BCUT2D eigenvalue weighted by Crippen LogP contribution is 2.20. The van der Waals surface area contributed by atoms with Gasteiger partial charge < -0.3 is 4.52 Å². The minimum Gasteiger partial charge on any atom is -0.332 e. The van der Waals surface area contributed by atoms with Crippen LogP contribution in [0.2, 0.25) is 0 Å². The van der Waals surface area contributed by atoms with Gasteiger partial charge in [-0.25, -0.2) is 4.98 Å². The molecular formula is C13H7N5O. The molecule has 0 aromatic carbocycles. The summed E-state index contributed by atoms with van der Waals surface area (Å²) < 4.78 is 5.14. The van der Waals surface area contributed by atoms with Crippen molar-refractivity contribution in [1.82, 2.24) is 20.1 Å². The monoisotopic (exact) mass is 249 g/mol. The molecule has 0 amide bonds. The van der Waals surface area contributed by atoms with Gasteiger partial charge in [0.1, 0.15) is 17.5 Å². The number of nitriles is 1. The average Bonchev–Trinajstić information content (AvgIpc) is 2.98. The van der Waals surface area contributed by atoms with E-state index < -0.39 is 0 Å². The molecule has 0 aliphatic rings. The molecular weight excluding hydrogens is 242 g/mol. The Morgan fingerprint density at radius 1 is 1.11 bits per heavy atom. The van der Waals surface area contributed by atoms with E-state index in [-0.39, 0.29) is 5.89 Å². The van der Waals surface area contributed by atoms with Gasteiger partial charge in [0.05, 0.1) is 0 Å². The summed E-state index contributed by atoms with van der Waals surface area (Å²) >= 11 is 0. The van der Waals surface area contributed by atoms with Crippen LogP contribution >= 0.6 is 0 Å². The fourth-order valence-corrected chi connectivity index (χ4v) is 1.56. The first-order valence-electron chi connectivity index (χ1n) is 5.48. The van der Waals surface area contributed by atoms with Crippen molar-refractivity contribution in [3.63, 3.8) is 0 Å². The van der Waals surface area contributed by atoms with E-state index >= 15 is 0 Å². The van der Waals surface area contributed by atoms with Crippen LogP contribution in [0.15, 0.2) is 47.2 Å². The summed E-state index contributed by atoms with van der Waals surface area (Å²) in [5.74, 6) is 0.711. The summed E-state index contributed by atoms with van der Waals surface area (Å²) in [6.07, 6.45) is 3.32. The Kier molecular flexibility index (Phi) is 2.71. The molecule has 3 aromatic rings. The van der Waals surface area contributed by atoms with Gasteiger partial charge in [0.15, 0.2) is 0 Å². The summed E-state index contributed by atoms with van der Waals surface area (Å²) in [6, 6.07) is 10.6. The lowest BCUT2D eigenvalue weighted by Gasteiger charge is -1.93. The molecule has 3 heterocycles. The molecule has 6 nitrogen and oxygen atoms in total. The number of nitrogens with zero attached hydrogens (tertiary/aromatic N) is 5. The van der Waals surface area contributed by atoms with Crippen molar-refractivity contribution in [2.75, 3.05) is 0 Å². The molecule has 0 unspecified atom stereocenters. The van der Waals surface area contributed by atoms with E-state index in [9.17, 15) is 0 Å². The SMILES string of the molecule is N#Cc1cccc(-c2nc(-c3cccnc3)no2)n1. The molecule has 0 atom stereocenters. The van der Waals surface area contributed by atoms with E-state index in [1.165, 1.54) is 0 Å². The number of hydrogen-bond donors (Lipinski definition) is 0. The van der Waals surface area contributed by atoms with Crippen molar-refractivity contribution in [3.8, 4) is 29.0 Å². The minimum atomic E-state index is 0.274. The van der Waals surface area contributed by atoms with E-state index in [1.54, 1.807) is 36.7 Å². The predicted molar refractivity (Wildman–Crippen MR) is 65.5 cm³/mol. The fourth-order valence-electron chi connectivity index (χ4n) is 1.56. The molecule has 0 fully saturated rings. The Balaban J connectivity index is 2.00. The zero-order valence-corrected chi connectivity index (χ0v) is 9.69. The molecule has 0 radical (unpaired) electrons. The number of pyridine rings is 2. The van der Waals surface area contributed by atoms with Crippen molar-refractivity contribution in [3.05, 3.63) is 48.4 Å². The van der Waals surface area contributed by atoms with Crippen LogP contribution in [-0.4, -0.2) is 20.1 Å². The van der Waals surface area contributed by atoms with Crippen molar-refractivity contribution in [1.29, 1.82) is 5.26 Å². The lowest BCUT2D eigenvalue weighted by Crippen LogP contribution is -1.87. The summed E-state index contributed by atoms with van der Waals surface area (Å²) in [4.78, 5) is 12.3. The fraction of sp³-hybridized carbons (Fsp3) is 0. The Morgan fingerprint density at radius 3 is 2.84 bits per heavy atom. The highest BCUT2D eigenvalue weighted by atomic mass is 16.5. The standard InChI is InChI=1S/C13H7N5O/c14-7-10-4-1-5-11(16-10)13-17-12(18-19-13)9-3-2-6-15-8-9/h1-6,8H. The van der Waals surface area contributed by atoms with Gasteiger partial charge in [-0.05, 0) is 24.3 Å². The molecule has 6 heteroatoms. The largest absolute Gasteiger partial charge is 0.332 e. The molecule has 3 aromatic heterocycles.